The number of nitrogens with zero attached hydrogens (tertiary/aromatic N) is 3. The lowest BCUT2D eigenvalue weighted by atomic mass is 9.71. The second-order valence-electron chi connectivity index (χ2n) is 10.1. The number of methoxy groups -OCH3 is 2. The minimum Gasteiger partial charge on any atom is -0.494 e. The van der Waals surface area contributed by atoms with Crippen molar-refractivity contribution < 1.29 is 19.0 Å². The summed E-state index contributed by atoms with van der Waals surface area (Å²) >= 11 is 6.79. The standard InChI is InChI=1S/C32H37BrFN3O3S2/c1-7-41-27-18-21(19-28(36-27)42-8-2)32(38,14-15-37(3)4)29(23-10-9-11-26(39-5)30(23)34)24-17-20-16-22(33)12-13-25(20)35-31(24)40-6/h9-13,16-19,29,38H,7-8,14-15H2,1-6H3. The minimum absolute atomic E-state index is 0.0992. The van der Waals surface area contributed by atoms with Crippen molar-refractivity contribution in [1.82, 2.24) is 14.9 Å². The van der Waals surface area contributed by atoms with Crippen LogP contribution in [0.25, 0.3) is 10.9 Å². The Hall–Kier alpha value is -2.37. The molecule has 6 nitrogen and oxygen atoms in total. The number of aliphatic hydroxyl groups is 1. The maximum Gasteiger partial charge on any atom is 0.217 e. The zero-order valence-electron chi connectivity index (χ0n) is 24.8. The van der Waals surface area contributed by atoms with E-state index in [1.165, 1.54) is 7.11 Å². The predicted octanol–water partition coefficient (Wildman–Crippen LogP) is 7.74. The van der Waals surface area contributed by atoms with E-state index >= 15 is 4.39 Å². The highest BCUT2D eigenvalue weighted by Gasteiger charge is 2.44. The lowest BCUT2D eigenvalue weighted by Crippen LogP contribution is -2.38. The van der Waals surface area contributed by atoms with E-state index in [-0.39, 0.29) is 11.3 Å². The first-order chi connectivity index (χ1) is 20.1. The number of thioether (sulfide) groups is 2. The molecule has 2 unspecified atom stereocenters. The fourth-order valence-corrected chi connectivity index (χ4v) is 6.91. The summed E-state index contributed by atoms with van der Waals surface area (Å²) in [6, 6.07) is 16.6. The summed E-state index contributed by atoms with van der Waals surface area (Å²) in [5.74, 6) is 0.634. The van der Waals surface area contributed by atoms with E-state index in [0.29, 0.717) is 30.0 Å². The van der Waals surface area contributed by atoms with Gasteiger partial charge in [0.2, 0.25) is 5.88 Å². The molecule has 2 aromatic heterocycles. The van der Waals surface area contributed by atoms with Crippen molar-refractivity contribution in [3.05, 3.63) is 81.6 Å². The number of halogens is 2. The molecule has 0 radical (unpaired) electrons. The van der Waals surface area contributed by atoms with Gasteiger partial charge in [0.05, 0.1) is 35.7 Å². The Kier molecular flexibility index (Phi) is 11.2. The van der Waals surface area contributed by atoms with E-state index in [1.54, 1.807) is 48.8 Å². The van der Waals surface area contributed by atoms with Gasteiger partial charge < -0.3 is 19.5 Å². The van der Waals surface area contributed by atoms with Gasteiger partial charge in [-0.25, -0.2) is 14.4 Å². The summed E-state index contributed by atoms with van der Waals surface area (Å²) in [6.45, 7) is 4.69. The number of hydrogen-bond donors (Lipinski definition) is 1. The van der Waals surface area contributed by atoms with Crippen LogP contribution in [0.2, 0.25) is 0 Å². The zero-order valence-corrected chi connectivity index (χ0v) is 28.0. The molecular formula is C32H37BrFN3O3S2. The van der Waals surface area contributed by atoms with Gasteiger partial charge in [-0.3, -0.25) is 0 Å². The van der Waals surface area contributed by atoms with E-state index in [4.69, 9.17) is 19.4 Å². The quantitative estimate of drug-likeness (QED) is 0.145. The van der Waals surface area contributed by atoms with Crippen LogP contribution >= 0.6 is 39.5 Å². The number of rotatable bonds is 13. The number of fused-ring (bicyclic) bond motifs is 1. The molecule has 0 saturated carbocycles. The molecule has 224 valence electrons. The third-order valence-corrected chi connectivity index (χ3v) is 9.16. The van der Waals surface area contributed by atoms with Crippen LogP contribution in [-0.2, 0) is 5.60 Å². The third-order valence-electron chi connectivity index (χ3n) is 7.08. The molecule has 0 aliphatic carbocycles. The van der Waals surface area contributed by atoms with Gasteiger partial charge >= 0.3 is 0 Å². The van der Waals surface area contributed by atoms with Gasteiger partial charge in [0.1, 0.15) is 5.60 Å². The molecule has 0 aliphatic rings. The van der Waals surface area contributed by atoms with E-state index < -0.39 is 17.3 Å². The molecule has 2 heterocycles. The van der Waals surface area contributed by atoms with Crippen LogP contribution in [0.5, 0.6) is 11.6 Å². The number of ether oxygens (including phenoxy) is 2. The summed E-state index contributed by atoms with van der Waals surface area (Å²) in [7, 11) is 6.91. The van der Waals surface area contributed by atoms with Gasteiger partial charge in [-0.1, -0.05) is 41.9 Å². The topological polar surface area (TPSA) is 67.7 Å². The number of pyridine rings is 2. The molecule has 0 bridgehead atoms. The molecule has 0 spiro atoms. The summed E-state index contributed by atoms with van der Waals surface area (Å²) in [5, 5.41) is 15.6. The molecule has 0 saturated heterocycles. The van der Waals surface area contributed by atoms with Crippen molar-refractivity contribution >= 4 is 50.4 Å². The van der Waals surface area contributed by atoms with Crippen molar-refractivity contribution in [3.63, 3.8) is 0 Å². The van der Waals surface area contributed by atoms with Crippen LogP contribution < -0.4 is 9.47 Å². The van der Waals surface area contributed by atoms with Crippen LogP contribution in [0.15, 0.2) is 69.1 Å². The Bertz CT molecular complexity index is 1520. The van der Waals surface area contributed by atoms with E-state index in [0.717, 1.165) is 36.9 Å². The Morgan fingerprint density at radius 2 is 1.64 bits per heavy atom. The fourth-order valence-electron chi connectivity index (χ4n) is 5.13. The molecule has 10 heteroatoms. The molecule has 2 aromatic carbocycles. The van der Waals surface area contributed by atoms with Crippen LogP contribution in [-0.4, -0.2) is 66.3 Å². The maximum absolute atomic E-state index is 16.3. The van der Waals surface area contributed by atoms with Crippen LogP contribution in [0.1, 0.15) is 42.9 Å². The van der Waals surface area contributed by atoms with Crippen molar-refractivity contribution in [2.45, 2.75) is 41.8 Å². The summed E-state index contributed by atoms with van der Waals surface area (Å²) in [4.78, 5) is 11.7. The first-order valence-electron chi connectivity index (χ1n) is 13.8. The summed E-state index contributed by atoms with van der Waals surface area (Å²) < 4.78 is 28.5. The van der Waals surface area contributed by atoms with Crippen molar-refractivity contribution in [2.75, 3.05) is 46.4 Å². The molecule has 4 aromatic rings. The molecule has 2 atom stereocenters. The van der Waals surface area contributed by atoms with Crippen molar-refractivity contribution in [1.29, 1.82) is 0 Å². The highest BCUT2D eigenvalue weighted by Crippen LogP contribution is 2.49. The molecular weight excluding hydrogens is 637 g/mol. The van der Waals surface area contributed by atoms with Gasteiger partial charge in [-0.2, -0.15) is 0 Å². The third kappa shape index (κ3) is 7.05. The van der Waals surface area contributed by atoms with Gasteiger partial charge in [0, 0.05) is 27.5 Å². The second kappa shape index (κ2) is 14.4. The van der Waals surface area contributed by atoms with E-state index in [2.05, 4.69) is 29.8 Å². The number of aromatic nitrogens is 2. The lowest BCUT2D eigenvalue weighted by molar-refractivity contribution is 0.00228. The van der Waals surface area contributed by atoms with E-state index in [9.17, 15) is 5.11 Å². The Morgan fingerprint density at radius 3 is 2.24 bits per heavy atom. The Labute approximate surface area is 264 Å². The van der Waals surface area contributed by atoms with Gasteiger partial charge in [0.15, 0.2) is 11.6 Å². The smallest absolute Gasteiger partial charge is 0.217 e. The number of hydrogen-bond acceptors (Lipinski definition) is 8. The van der Waals surface area contributed by atoms with Crippen LogP contribution in [0, 0.1) is 5.82 Å². The highest BCUT2D eigenvalue weighted by molar-refractivity contribution is 9.10. The largest absolute Gasteiger partial charge is 0.494 e. The molecule has 0 amide bonds. The fraction of sp³-hybridized carbons (Fsp3) is 0.375. The maximum atomic E-state index is 16.3. The molecule has 0 fully saturated rings. The van der Waals surface area contributed by atoms with Gasteiger partial charge in [-0.05, 0) is 80.0 Å². The normalized spacial score (nSPS) is 13.8. The second-order valence-corrected chi connectivity index (χ2v) is 13.6. The molecule has 1 N–H and O–H groups in total. The highest BCUT2D eigenvalue weighted by atomic mass is 79.9. The zero-order chi connectivity index (χ0) is 30.4. The van der Waals surface area contributed by atoms with E-state index in [1.807, 2.05) is 55.4 Å². The lowest BCUT2D eigenvalue weighted by Gasteiger charge is -2.39. The average molecular weight is 675 g/mol. The predicted molar refractivity (Wildman–Crippen MR) is 175 cm³/mol. The van der Waals surface area contributed by atoms with Crippen molar-refractivity contribution in [3.8, 4) is 11.6 Å². The van der Waals surface area contributed by atoms with Crippen LogP contribution in [0.3, 0.4) is 0 Å². The average Bonchev–Trinajstić information content (AvgIpc) is 2.97. The molecule has 42 heavy (non-hydrogen) atoms. The van der Waals surface area contributed by atoms with Gasteiger partial charge in [0.25, 0.3) is 0 Å². The first-order valence-corrected chi connectivity index (χ1v) is 16.5. The molecule has 0 aliphatic heterocycles. The summed E-state index contributed by atoms with van der Waals surface area (Å²) in [6.07, 6.45) is 0.303. The first kappa shape index (κ1) is 32.5. The number of benzene rings is 2. The monoisotopic (exact) mass is 673 g/mol. The SMILES string of the molecule is CCSc1cc(C(O)(CCN(C)C)C(c2cc3cc(Br)ccc3nc2OC)c2cccc(OC)c2F)cc(SCC)n1. The Morgan fingerprint density at radius 1 is 0.952 bits per heavy atom. The Balaban J connectivity index is 2.11. The van der Waals surface area contributed by atoms with Crippen LogP contribution in [0.4, 0.5) is 4.39 Å². The van der Waals surface area contributed by atoms with Crippen molar-refractivity contribution in [2.24, 2.45) is 0 Å². The summed E-state index contributed by atoms with van der Waals surface area (Å²) in [5.41, 5.74) is 0.669. The molecule has 4 rings (SSSR count). The minimum atomic E-state index is -1.58. The van der Waals surface area contributed by atoms with Gasteiger partial charge in [-0.15, -0.1) is 23.5 Å².